The lowest BCUT2D eigenvalue weighted by atomic mass is 10.0. The molecule has 0 aliphatic carbocycles. The first-order valence-corrected chi connectivity index (χ1v) is 9.57. The predicted octanol–water partition coefficient (Wildman–Crippen LogP) is 4.59. The van der Waals surface area contributed by atoms with E-state index in [1.165, 1.54) is 0 Å². The van der Waals surface area contributed by atoms with Crippen molar-refractivity contribution in [3.05, 3.63) is 71.4 Å². The van der Waals surface area contributed by atoms with Crippen molar-refractivity contribution in [2.75, 3.05) is 0 Å². The number of aromatic nitrogens is 2. The summed E-state index contributed by atoms with van der Waals surface area (Å²) >= 11 is 0. The first-order valence-electron chi connectivity index (χ1n) is 9.57. The Morgan fingerprint density at radius 1 is 1.11 bits per heavy atom. The number of H-pyrrole nitrogens is 1. The number of hydrogen-bond acceptors (Lipinski definition) is 3. The lowest BCUT2D eigenvalue weighted by Crippen LogP contribution is -2.36. The van der Waals surface area contributed by atoms with Gasteiger partial charge in [0.05, 0.1) is 5.69 Å². The molecular weight excluding hydrogens is 350 g/mol. The molecule has 146 valence electrons. The molecule has 3 aromatic rings. The molecule has 0 aliphatic rings. The van der Waals surface area contributed by atoms with Crippen LogP contribution in [0.5, 0.6) is 5.75 Å². The van der Waals surface area contributed by atoms with E-state index in [0.29, 0.717) is 12.5 Å². The van der Waals surface area contributed by atoms with Crippen molar-refractivity contribution in [3.8, 4) is 17.0 Å². The maximum absolute atomic E-state index is 12.5. The van der Waals surface area contributed by atoms with Crippen LogP contribution in [0.4, 0.5) is 0 Å². The molecule has 0 fully saturated rings. The summed E-state index contributed by atoms with van der Waals surface area (Å²) in [5, 5.41) is 9.85. The van der Waals surface area contributed by atoms with Crippen LogP contribution in [-0.2, 0) is 11.3 Å². The minimum absolute atomic E-state index is 0.131. The Morgan fingerprint density at radius 3 is 2.50 bits per heavy atom. The Labute approximate surface area is 166 Å². The number of carbonyl (C=O) groups excluding carboxylic acids is 1. The second-order valence-electron chi connectivity index (χ2n) is 7.34. The summed E-state index contributed by atoms with van der Waals surface area (Å²) in [5.41, 5.74) is 5.29. The smallest absolute Gasteiger partial charge is 0.261 e. The molecule has 2 N–H and O–H groups in total. The standard InChI is InChI=1S/C23H27N3O2/c1-15(2)20-10-5-16(3)13-22(20)28-17(4)23(27)24-14-18-6-8-19(9-7-18)21-11-12-25-26-21/h5-13,15,17H,14H2,1-4H3,(H,24,27)(H,25,26). The summed E-state index contributed by atoms with van der Waals surface area (Å²) in [4.78, 5) is 12.5. The van der Waals surface area contributed by atoms with Crippen molar-refractivity contribution < 1.29 is 9.53 Å². The Morgan fingerprint density at radius 2 is 1.86 bits per heavy atom. The van der Waals surface area contributed by atoms with Gasteiger partial charge in [0.1, 0.15) is 5.75 Å². The highest BCUT2D eigenvalue weighted by atomic mass is 16.5. The number of rotatable bonds is 7. The topological polar surface area (TPSA) is 67.0 Å². The van der Waals surface area contributed by atoms with Crippen LogP contribution in [0, 0.1) is 6.92 Å². The monoisotopic (exact) mass is 377 g/mol. The van der Waals surface area contributed by atoms with E-state index in [-0.39, 0.29) is 5.91 Å². The van der Waals surface area contributed by atoms with Crippen molar-refractivity contribution >= 4 is 5.91 Å². The van der Waals surface area contributed by atoms with Crippen LogP contribution in [0.1, 0.15) is 43.4 Å². The van der Waals surface area contributed by atoms with Gasteiger partial charge in [0.2, 0.25) is 0 Å². The van der Waals surface area contributed by atoms with Gasteiger partial charge in [-0.25, -0.2) is 0 Å². The second kappa shape index (κ2) is 8.74. The quantitative estimate of drug-likeness (QED) is 0.633. The third-order valence-corrected chi connectivity index (χ3v) is 4.70. The number of hydrogen-bond donors (Lipinski definition) is 2. The van der Waals surface area contributed by atoms with Crippen LogP contribution >= 0.6 is 0 Å². The third-order valence-electron chi connectivity index (χ3n) is 4.70. The number of amides is 1. The van der Waals surface area contributed by atoms with Crippen LogP contribution < -0.4 is 10.1 Å². The Kier molecular flexibility index (Phi) is 6.14. The van der Waals surface area contributed by atoms with Gasteiger partial charge >= 0.3 is 0 Å². The summed E-state index contributed by atoms with van der Waals surface area (Å²) in [7, 11) is 0. The van der Waals surface area contributed by atoms with Gasteiger partial charge in [-0.15, -0.1) is 0 Å². The highest BCUT2D eigenvalue weighted by Crippen LogP contribution is 2.28. The Bertz CT molecular complexity index is 916. The molecule has 1 atom stereocenters. The number of aromatic amines is 1. The maximum Gasteiger partial charge on any atom is 0.261 e. The molecule has 1 unspecified atom stereocenters. The van der Waals surface area contributed by atoms with E-state index in [0.717, 1.165) is 33.7 Å². The summed E-state index contributed by atoms with van der Waals surface area (Å²) in [6, 6.07) is 16.1. The lowest BCUT2D eigenvalue weighted by Gasteiger charge is -2.19. The maximum atomic E-state index is 12.5. The molecule has 28 heavy (non-hydrogen) atoms. The van der Waals surface area contributed by atoms with Crippen molar-refractivity contribution in [3.63, 3.8) is 0 Å². The fourth-order valence-electron chi connectivity index (χ4n) is 3.02. The summed E-state index contributed by atoms with van der Waals surface area (Å²) in [6.45, 7) is 8.50. The average Bonchev–Trinajstić information content (AvgIpc) is 3.21. The Hall–Kier alpha value is -3.08. The van der Waals surface area contributed by atoms with Gasteiger partial charge in [0, 0.05) is 12.7 Å². The minimum atomic E-state index is -0.566. The van der Waals surface area contributed by atoms with Crippen molar-refractivity contribution in [1.82, 2.24) is 15.5 Å². The van der Waals surface area contributed by atoms with Gasteiger partial charge in [-0.2, -0.15) is 5.10 Å². The lowest BCUT2D eigenvalue weighted by molar-refractivity contribution is -0.127. The van der Waals surface area contributed by atoms with Gasteiger partial charge in [-0.05, 0) is 54.2 Å². The van der Waals surface area contributed by atoms with E-state index in [4.69, 9.17) is 4.74 Å². The van der Waals surface area contributed by atoms with Crippen LogP contribution in [-0.4, -0.2) is 22.2 Å². The first kappa shape index (κ1) is 19.7. The van der Waals surface area contributed by atoms with E-state index in [1.54, 1.807) is 13.1 Å². The molecule has 2 aromatic carbocycles. The zero-order chi connectivity index (χ0) is 20.1. The van der Waals surface area contributed by atoms with Gasteiger partial charge < -0.3 is 10.1 Å². The summed E-state index contributed by atoms with van der Waals surface area (Å²) < 4.78 is 5.98. The zero-order valence-electron chi connectivity index (χ0n) is 16.8. The third kappa shape index (κ3) is 4.80. The fraction of sp³-hybridized carbons (Fsp3) is 0.304. The summed E-state index contributed by atoms with van der Waals surface area (Å²) in [5.74, 6) is 0.981. The number of nitrogens with zero attached hydrogens (tertiary/aromatic N) is 1. The van der Waals surface area contributed by atoms with E-state index in [2.05, 4.69) is 41.5 Å². The van der Waals surface area contributed by atoms with Gasteiger partial charge in [0.25, 0.3) is 5.91 Å². The predicted molar refractivity (Wildman–Crippen MR) is 111 cm³/mol. The van der Waals surface area contributed by atoms with Gasteiger partial charge in [0.15, 0.2) is 6.10 Å². The van der Waals surface area contributed by atoms with E-state index in [9.17, 15) is 4.79 Å². The molecule has 5 heteroatoms. The van der Waals surface area contributed by atoms with E-state index >= 15 is 0 Å². The number of ether oxygens (including phenoxy) is 1. The number of benzene rings is 2. The largest absolute Gasteiger partial charge is 0.481 e. The molecule has 0 radical (unpaired) electrons. The van der Waals surface area contributed by atoms with Gasteiger partial charge in [-0.1, -0.05) is 50.2 Å². The molecule has 0 bridgehead atoms. The molecule has 0 saturated heterocycles. The minimum Gasteiger partial charge on any atom is -0.481 e. The fourth-order valence-corrected chi connectivity index (χ4v) is 3.02. The molecule has 0 saturated carbocycles. The van der Waals surface area contributed by atoms with Crippen molar-refractivity contribution in [2.45, 2.75) is 46.3 Å². The summed E-state index contributed by atoms with van der Waals surface area (Å²) in [6.07, 6.45) is 1.16. The van der Waals surface area contributed by atoms with E-state index < -0.39 is 6.10 Å². The normalized spacial score (nSPS) is 12.0. The number of carbonyl (C=O) groups is 1. The first-order chi connectivity index (χ1) is 13.4. The Balaban J connectivity index is 1.58. The van der Waals surface area contributed by atoms with E-state index in [1.807, 2.05) is 43.3 Å². The van der Waals surface area contributed by atoms with Crippen LogP contribution in [0.2, 0.25) is 0 Å². The molecular formula is C23H27N3O2. The second-order valence-corrected chi connectivity index (χ2v) is 7.34. The molecule has 0 aliphatic heterocycles. The molecule has 1 heterocycles. The molecule has 0 spiro atoms. The SMILES string of the molecule is Cc1ccc(C(C)C)c(OC(C)C(=O)NCc2ccc(-c3ccn[nH]3)cc2)c1. The molecule has 1 amide bonds. The average molecular weight is 377 g/mol. The van der Waals surface area contributed by atoms with Crippen molar-refractivity contribution in [1.29, 1.82) is 0 Å². The van der Waals surface area contributed by atoms with Crippen LogP contribution in [0.15, 0.2) is 54.7 Å². The zero-order valence-corrected chi connectivity index (χ0v) is 16.8. The molecule has 3 rings (SSSR count). The number of aryl methyl sites for hydroxylation is 1. The highest BCUT2D eigenvalue weighted by molar-refractivity contribution is 5.80. The molecule has 5 nitrogen and oxygen atoms in total. The number of nitrogens with one attached hydrogen (secondary N) is 2. The highest BCUT2D eigenvalue weighted by Gasteiger charge is 2.17. The van der Waals surface area contributed by atoms with Gasteiger partial charge in [-0.3, -0.25) is 9.89 Å². The van der Waals surface area contributed by atoms with Crippen molar-refractivity contribution in [2.24, 2.45) is 0 Å². The van der Waals surface area contributed by atoms with Crippen LogP contribution in [0.25, 0.3) is 11.3 Å². The molecule has 1 aromatic heterocycles. The van der Waals surface area contributed by atoms with Crippen LogP contribution in [0.3, 0.4) is 0 Å².